The van der Waals surface area contributed by atoms with Crippen LogP contribution in [0.5, 0.6) is 11.5 Å². The number of pyridine rings is 2. The summed E-state index contributed by atoms with van der Waals surface area (Å²) < 4.78 is 37.1. The lowest BCUT2D eigenvalue weighted by molar-refractivity contribution is -0.117. The highest BCUT2D eigenvalue weighted by molar-refractivity contribution is 6.04. The highest BCUT2D eigenvalue weighted by atomic mass is 19.1. The summed E-state index contributed by atoms with van der Waals surface area (Å²) in [5.41, 5.74) is 0.885. The monoisotopic (exact) mass is 555 g/mol. The third kappa shape index (κ3) is 5.42. The Hall–Kier alpha value is -5.32. The number of nitrogens with zero attached hydrogens (tertiary/aromatic N) is 3. The molecule has 206 valence electrons. The zero-order valence-corrected chi connectivity index (χ0v) is 21.7. The van der Waals surface area contributed by atoms with Crippen LogP contribution in [-0.4, -0.2) is 25.8 Å². The molecule has 9 nitrogen and oxygen atoms in total. The van der Waals surface area contributed by atoms with Crippen molar-refractivity contribution in [3.63, 3.8) is 0 Å². The number of imidazole rings is 1. The third-order valence-corrected chi connectivity index (χ3v) is 6.65. The summed E-state index contributed by atoms with van der Waals surface area (Å²) in [5.74, 6) is -1.25. The molecule has 0 radical (unpaired) electrons. The number of nitrogens with one attached hydrogen (secondary N) is 2. The van der Waals surface area contributed by atoms with Crippen molar-refractivity contribution in [2.75, 3.05) is 10.6 Å². The lowest BCUT2D eigenvalue weighted by Gasteiger charge is -2.12. The number of amides is 2. The number of anilines is 2. The Bertz CT molecular complexity index is 1890. The predicted octanol–water partition coefficient (Wildman–Crippen LogP) is 5.46. The number of hydrogen-bond donors (Lipinski definition) is 2. The molecule has 0 saturated heterocycles. The molecule has 1 aliphatic rings. The number of carbonyl (C=O) groups excluding carboxylic acids is 2. The van der Waals surface area contributed by atoms with Crippen molar-refractivity contribution in [1.29, 1.82) is 0 Å². The minimum absolute atomic E-state index is 0.0477. The Kier molecular flexibility index (Phi) is 6.54. The predicted molar refractivity (Wildman–Crippen MR) is 148 cm³/mol. The Labute approximate surface area is 232 Å². The van der Waals surface area contributed by atoms with Crippen molar-refractivity contribution in [3.8, 4) is 17.2 Å². The van der Waals surface area contributed by atoms with Crippen LogP contribution in [0.1, 0.15) is 28.8 Å². The zero-order chi connectivity index (χ0) is 28.7. The largest absolute Gasteiger partial charge is 0.453 e. The molecular weight excluding hydrogens is 532 g/mol. The van der Waals surface area contributed by atoms with E-state index in [0.29, 0.717) is 28.5 Å². The first kappa shape index (κ1) is 25.9. The lowest BCUT2D eigenvalue weighted by atomic mass is 10.1. The van der Waals surface area contributed by atoms with E-state index in [9.17, 15) is 23.2 Å². The molecule has 0 atom stereocenters. The van der Waals surface area contributed by atoms with Gasteiger partial charge in [0.1, 0.15) is 22.8 Å². The maximum Gasteiger partial charge on any atom is 0.267 e. The normalized spacial score (nSPS) is 12.8. The molecule has 0 bridgehead atoms. The number of ether oxygens (including phenoxy) is 1. The van der Waals surface area contributed by atoms with Crippen LogP contribution in [0.2, 0.25) is 0 Å². The highest BCUT2D eigenvalue weighted by Gasteiger charge is 2.30. The van der Waals surface area contributed by atoms with Gasteiger partial charge in [-0.3, -0.25) is 19.0 Å². The quantitative estimate of drug-likeness (QED) is 0.277. The summed E-state index contributed by atoms with van der Waals surface area (Å²) in [5, 5.41) is 5.32. The van der Waals surface area contributed by atoms with Crippen LogP contribution in [0.4, 0.5) is 20.3 Å². The van der Waals surface area contributed by atoms with Crippen molar-refractivity contribution in [2.45, 2.75) is 19.8 Å². The van der Waals surface area contributed by atoms with Gasteiger partial charge in [0.2, 0.25) is 5.91 Å². The summed E-state index contributed by atoms with van der Waals surface area (Å²) in [4.78, 5) is 42.3. The number of aromatic nitrogens is 3. The molecule has 2 N–H and O–H groups in total. The SMILES string of the molecule is Cc1cc(F)ccc1-n1cccc(C(=O)Nc2ccc(Oc3ccc4nc(NC(=O)C5CC5)cn4c3)c(F)c2)c1=O. The number of carbonyl (C=O) groups is 2. The average molecular weight is 556 g/mol. The van der Waals surface area contributed by atoms with E-state index in [-0.39, 0.29) is 28.8 Å². The van der Waals surface area contributed by atoms with Gasteiger partial charge in [0.15, 0.2) is 17.4 Å². The number of hydrogen-bond acceptors (Lipinski definition) is 5. The van der Waals surface area contributed by atoms with E-state index in [1.165, 1.54) is 53.2 Å². The Morgan fingerprint density at radius 3 is 2.59 bits per heavy atom. The summed E-state index contributed by atoms with van der Waals surface area (Å²) in [6, 6.07) is 14.0. The standard InChI is InChI=1S/C30H23F2N5O4/c1-17-13-19(31)6-9-24(17)37-12-2-3-22(30(37)40)29(39)33-20-7-10-25(23(32)14-20)41-21-8-11-27-34-26(16-36(27)15-21)35-28(38)18-4-5-18/h2-3,6-16,18H,4-5H2,1H3,(H,33,39)(H,35,38). The highest BCUT2D eigenvalue weighted by Crippen LogP contribution is 2.31. The van der Waals surface area contributed by atoms with E-state index in [1.54, 1.807) is 35.9 Å². The Morgan fingerprint density at radius 1 is 1.00 bits per heavy atom. The molecule has 1 saturated carbocycles. The van der Waals surface area contributed by atoms with Crippen molar-refractivity contribution in [1.82, 2.24) is 14.0 Å². The van der Waals surface area contributed by atoms with E-state index < -0.39 is 23.1 Å². The van der Waals surface area contributed by atoms with Gasteiger partial charge in [-0.25, -0.2) is 13.8 Å². The van der Waals surface area contributed by atoms with Crippen LogP contribution >= 0.6 is 0 Å². The third-order valence-electron chi connectivity index (χ3n) is 6.65. The van der Waals surface area contributed by atoms with Crippen molar-refractivity contribution < 1.29 is 23.1 Å². The fourth-order valence-electron chi connectivity index (χ4n) is 4.40. The van der Waals surface area contributed by atoms with Crippen LogP contribution < -0.4 is 20.9 Å². The molecule has 1 fully saturated rings. The molecule has 0 spiro atoms. The van der Waals surface area contributed by atoms with Gasteiger partial charge >= 0.3 is 0 Å². The Morgan fingerprint density at radius 2 is 1.83 bits per heavy atom. The molecule has 11 heteroatoms. The Balaban J connectivity index is 1.16. The van der Waals surface area contributed by atoms with Crippen LogP contribution in [0.3, 0.4) is 0 Å². The van der Waals surface area contributed by atoms with Gasteiger partial charge in [0, 0.05) is 23.9 Å². The number of aryl methyl sites for hydroxylation is 1. The smallest absolute Gasteiger partial charge is 0.267 e. The maximum atomic E-state index is 14.9. The molecule has 1 aliphatic carbocycles. The zero-order valence-electron chi connectivity index (χ0n) is 21.7. The summed E-state index contributed by atoms with van der Waals surface area (Å²) >= 11 is 0. The molecule has 0 unspecified atom stereocenters. The van der Waals surface area contributed by atoms with Gasteiger partial charge in [-0.1, -0.05) is 0 Å². The average Bonchev–Trinajstić information content (AvgIpc) is 3.71. The summed E-state index contributed by atoms with van der Waals surface area (Å²) in [6.07, 6.45) is 6.50. The molecule has 2 aromatic carbocycles. The molecule has 5 aromatic rings. The van der Waals surface area contributed by atoms with E-state index in [0.717, 1.165) is 18.9 Å². The van der Waals surface area contributed by atoms with Gasteiger partial charge in [-0.05, 0) is 79.9 Å². The van der Waals surface area contributed by atoms with Gasteiger partial charge in [-0.15, -0.1) is 0 Å². The topological polar surface area (TPSA) is 107 Å². The first-order valence-electron chi connectivity index (χ1n) is 12.8. The van der Waals surface area contributed by atoms with Crippen LogP contribution in [0.25, 0.3) is 11.3 Å². The molecule has 6 rings (SSSR count). The summed E-state index contributed by atoms with van der Waals surface area (Å²) in [6.45, 7) is 1.66. The minimum Gasteiger partial charge on any atom is -0.453 e. The van der Waals surface area contributed by atoms with Crippen LogP contribution in [0.15, 0.2) is 84.0 Å². The number of halogens is 2. The first-order valence-corrected chi connectivity index (χ1v) is 12.8. The van der Waals surface area contributed by atoms with Crippen molar-refractivity contribution in [2.24, 2.45) is 5.92 Å². The van der Waals surface area contributed by atoms with Crippen LogP contribution in [0, 0.1) is 24.5 Å². The van der Waals surface area contributed by atoms with Gasteiger partial charge in [-0.2, -0.15) is 0 Å². The second-order valence-corrected chi connectivity index (χ2v) is 9.75. The molecular formula is C30H23F2N5O4. The fourth-order valence-corrected chi connectivity index (χ4v) is 4.40. The van der Waals surface area contributed by atoms with Gasteiger partial charge in [0.25, 0.3) is 11.5 Å². The molecule has 0 aliphatic heterocycles. The minimum atomic E-state index is -0.738. The number of benzene rings is 2. The van der Waals surface area contributed by atoms with Crippen molar-refractivity contribution >= 4 is 29.0 Å². The van der Waals surface area contributed by atoms with E-state index >= 15 is 0 Å². The number of rotatable bonds is 7. The molecule has 3 aromatic heterocycles. The molecule has 3 heterocycles. The maximum absolute atomic E-state index is 14.9. The van der Waals surface area contributed by atoms with Crippen molar-refractivity contribution in [3.05, 3.63) is 112 Å². The molecule has 41 heavy (non-hydrogen) atoms. The van der Waals surface area contributed by atoms with E-state index in [1.807, 2.05) is 0 Å². The number of fused-ring (bicyclic) bond motifs is 1. The van der Waals surface area contributed by atoms with E-state index in [4.69, 9.17) is 4.74 Å². The lowest BCUT2D eigenvalue weighted by Crippen LogP contribution is -2.28. The molecule has 2 amide bonds. The second kappa shape index (κ2) is 10.3. The van der Waals surface area contributed by atoms with Crippen LogP contribution in [-0.2, 0) is 4.79 Å². The second-order valence-electron chi connectivity index (χ2n) is 9.75. The summed E-state index contributed by atoms with van der Waals surface area (Å²) in [7, 11) is 0. The van der Waals surface area contributed by atoms with Gasteiger partial charge < -0.3 is 19.8 Å². The van der Waals surface area contributed by atoms with E-state index in [2.05, 4.69) is 15.6 Å². The first-order chi connectivity index (χ1) is 19.7. The fraction of sp³-hybridized carbons (Fsp3) is 0.133. The van der Waals surface area contributed by atoms with Gasteiger partial charge in [0.05, 0.1) is 18.1 Å².